The molecule has 1 radical (unpaired) electrons. The summed E-state index contributed by atoms with van der Waals surface area (Å²) >= 11 is 1.36. The molecule has 0 aliphatic heterocycles. The number of aromatic nitrogens is 4. The van der Waals surface area contributed by atoms with Crippen LogP contribution in [0, 0.1) is 51.0 Å². The minimum atomic E-state index is 0. The third kappa shape index (κ3) is 4.54. The first-order chi connectivity index (χ1) is 12.6. The van der Waals surface area contributed by atoms with Gasteiger partial charge in [0.05, 0.1) is 0 Å². The SMILES string of the molecule is Cc1cc(Nc2nc(Sc3ccc([NH-])cc3)nc3c(O)cccc23)n[nH]1.[Ac]. The number of nitrogens with one attached hydrogen (secondary N) is 3. The van der Waals surface area contributed by atoms with Crippen LogP contribution in [-0.4, -0.2) is 25.3 Å². The van der Waals surface area contributed by atoms with Gasteiger partial charge in [-0.25, -0.2) is 9.97 Å². The van der Waals surface area contributed by atoms with E-state index in [9.17, 15) is 5.11 Å². The summed E-state index contributed by atoms with van der Waals surface area (Å²) in [7, 11) is 0. The molecule has 0 fully saturated rings. The molecule has 133 valence electrons. The summed E-state index contributed by atoms with van der Waals surface area (Å²) in [5.74, 6) is 1.30. The Labute approximate surface area is 195 Å². The van der Waals surface area contributed by atoms with Crippen molar-refractivity contribution in [1.82, 2.24) is 20.2 Å². The Kier molecular flexibility index (Phi) is 6.25. The average Bonchev–Trinajstić information content (AvgIpc) is 3.03. The maximum absolute atomic E-state index is 10.2. The molecule has 4 rings (SSSR count). The van der Waals surface area contributed by atoms with Crippen LogP contribution in [0.1, 0.15) is 5.69 Å². The molecule has 4 N–H and O–H groups in total. The number of anilines is 2. The number of benzene rings is 2. The van der Waals surface area contributed by atoms with E-state index in [0.29, 0.717) is 33.4 Å². The van der Waals surface area contributed by atoms with Crippen molar-refractivity contribution in [2.75, 3.05) is 5.32 Å². The second-order valence-electron chi connectivity index (χ2n) is 5.72. The van der Waals surface area contributed by atoms with Crippen LogP contribution in [0.15, 0.2) is 58.6 Å². The molecule has 4 aromatic rings. The topological polar surface area (TPSA) is 111 Å². The number of nitrogens with zero attached hydrogens (tertiary/aromatic N) is 3. The molecule has 0 spiro atoms. The molecule has 2 aromatic heterocycles. The van der Waals surface area contributed by atoms with Gasteiger partial charge in [-0.1, -0.05) is 18.2 Å². The number of H-pyrrole nitrogens is 1. The Balaban J connectivity index is 0.00000210. The van der Waals surface area contributed by atoms with Crippen LogP contribution in [-0.2, 0) is 0 Å². The Bertz CT molecular complexity index is 1080. The van der Waals surface area contributed by atoms with E-state index in [1.807, 2.05) is 31.2 Å². The van der Waals surface area contributed by atoms with Gasteiger partial charge in [0.1, 0.15) is 17.1 Å². The number of hydrogen-bond acceptors (Lipinski definition) is 6. The van der Waals surface area contributed by atoms with Gasteiger partial charge in [0, 0.05) is 66.1 Å². The molecule has 2 aromatic carbocycles. The number of aryl methyl sites for hydroxylation is 1. The first-order valence-corrected chi connectivity index (χ1v) is 8.68. The van der Waals surface area contributed by atoms with Crippen LogP contribution in [0.3, 0.4) is 0 Å². The van der Waals surface area contributed by atoms with Crippen LogP contribution in [0.4, 0.5) is 17.3 Å². The van der Waals surface area contributed by atoms with Crippen molar-refractivity contribution < 1.29 is 49.2 Å². The van der Waals surface area contributed by atoms with E-state index in [4.69, 9.17) is 5.73 Å². The maximum atomic E-state index is 10.2. The number of hydrogen-bond donors (Lipinski definition) is 3. The predicted molar refractivity (Wildman–Crippen MR) is 102 cm³/mol. The smallest absolute Gasteiger partial charge is 0.195 e. The second-order valence-corrected chi connectivity index (χ2v) is 6.76. The molecule has 0 unspecified atom stereocenters. The van der Waals surface area contributed by atoms with E-state index in [-0.39, 0.29) is 49.8 Å². The summed E-state index contributed by atoms with van der Waals surface area (Å²) in [5, 5.41) is 21.7. The van der Waals surface area contributed by atoms with Crippen molar-refractivity contribution in [2.45, 2.75) is 17.0 Å². The Morgan fingerprint density at radius 1 is 1.11 bits per heavy atom. The summed E-state index contributed by atoms with van der Waals surface area (Å²) in [6.07, 6.45) is 0. The van der Waals surface area contributed by atoms with Crippen molar-refractivity contribution in [3.63, 3.8) is 0 Å². The average molecular weight is 590 g/mol. The van der Waals surface area contributed by atoms with Crippen molar-refractivity contribution in [3.05, 3.63) is 60.0 Å². The van der Waals surface area contributed by atoms with Crippen molar-refractivity contribution in [3.8, 4) is 5.75 Å². The molecule has 0 aliphatic rings. The molecule has 0 atom stereocenters. The van der Waals surface area contributed by atoms with Gasteiger partial charge in [-0.2, -0.15) is 5.10 Å². The minimum absolute atomic E-state index is 0. The molecule has 7 nitrogen and oxygen atoms in total. The summed E-state index contributed by atoms with van der Waals surface area (Å²) in [4.78, 5) is 9.99. The predicted octanol–water partition coefficient (Wildman–Crippen LogP) is 4.95. The monoisotopic (exact) mass is 590 g/mol. The third-order valence-electron chi connectivity index (χ3n) is 3.70. The molecule has 9 heteroatoms. The van der Waals surface area contributed by atoms with Crippen LogP contribution >= 0.6 is 11.8 Å². The summed E-state index contributed by atoms with van der Waals surface area (Å²) in [5.41, 5.74) is 9.42. The maximum Gasteiger partial charge on any atom is 0.195 e. The van der Waals surface area contributed by atoms with E-state index in [1.54, 1.807) is 24.3 Å². The number of rotatable bonds is 4. The molecule has 0 saturated heterocycles. The number of fused-ring (bicyclic) bond motifs is 1. The quantitative estimate of drug-likeness (QED) is 0.291. The van der Waals surface area contributed by atoms with Gasteiger partial charge in [0.15, 0.2) is 11.0 Å². The van der Waals surface area contributed by atoms with E-state index < -0.39 is 0 Å². The fourth-order valence-electron chi connectivity index (χ4n) is 2.49. The Morgan fingerprint density at radius 2 is 1.89 bits per heavy atom. The number of aromatic amines is 1. The Morgan fingerprint density at radius 3 is 2.59 bits per heavy atom. The van der Waals surface area contributed by atoms with Crippen LogP contribution in [0.25, 0.3) is 16.6 Å². The molecule has 27 heavy (non-hydrogen) atoms. The molecule has 0 saturated carbocycles. The zero-order valence-corrected chi connectivity index (χ0v) is 20.0. The van der Waals surface area contributed by atoms with Gasteiger partial charge in [-0.3, -0.25) is 5.10 Å². The zero-order valence-electron chi connectivity index (χ0n) is 14.4. The third-order valence-corrected chi connectivity index (χ3v) is 4.57. The van der Waals surface area contributed by atoms with E-state index >= 15 is 0 Å². The van der Waals surface area contributed by atoms with Gasteiger partial charge in [0.2, 0.25) is 0 Å². The summed E-state index contributed by atoms with van der Waals surface area (Å²) in [6.45, 7) is 1.92. The molecular weight excluding hydrogens is 575 g/mol. The van der Waals surface area contributed by atoms with Gasteiger partial charge in [-0.15, -0.1) is 5.69 Å². The number of aromatic hydroxyl groups is 1. The fourth-order valence-corrected chi connectivity index (χ4v) is 3.25. The first-order valence-electron chi connectivity index (χ1n) is 7.87. The van der Waals surface area contributed by atoms with E-state index in [1.165, 1.54) is 11.8 Å². The van der Waals surface area contributed by atoms with Crippen LogP contribution in [0.2, 0.25) is 0 Å². The molecule has 2 heterocycles. The van der Waals surface area contributed by atoms with E-state index in [0.717, 1.165) is 10.6 Å². The fraction of sp³-hybridized carbons (Fsp3) is 0.0556. The van der Waals surface area contributed by atoms with Crippen LogP contribution in [0.5, 0.6) is 5.75 Å². The van der Waals surface area contributed by atoms with E-state index in [2.05, 4.69) is 25.5 Å². The minimum Gasteiger partial charge on any atom is -0.699 e. The Hall–Kier alpha value is -1.82. The summed E-state index contributed by atoms with van der Waals surface area (Å²) in [6, 6.07) is 14.2. The van der Waals surface area contributed by atoms with Gasteiger partial charge in [-0.05, 0) is 43.0 Å². The standard InChI is InChI=1S/C18H15N6OS.Ac/c1-10-9-15(24-23-10)20-17-13-3-2-4-14(25)16(13)21-18(22-17)26-12-7-5-11(19)6-8-12;/h2-9,19,25H,1H3,(H2,20,21,22,23,24);/q-1;. The first kappa shape index (κ1) is 19.9. The van der Waals surface area contributed by atoms with Crippen LogP contribution < -0.4 is 5.32 Å². The van der Waals surface area contributed by atoms with Crippen molar-refractivity contribution >= 4 is 40.0 Å². The normalized spacial score (nSPS) is 10.6. The summed E-state index contributed by atoms with van der Waals surface area (Å²) < 4.78 is 0. The van der Waals surface area contributed by atoms with Crippen molar-refractivity contribution in [1.29, 1.82) is 0 Å². The largest absolute Gasteiger partial charge is 0.699 e. The number of para-hydroxylation sites is 1. The molecule has 0 bridgehead atoms. The number of phenolic OH excluding ortho intramolecular Hbond substituents is 1. The van der Waals surface area contributed by atoms with Gasteiger partial charge < -0.3 is 16.2 Å². The van der Waals surface area contributed by atoms with Crippen molar-refractivity contribution in [2.24, 2.45) is 0 Å². The zero-order chi connectivity index (χ0) is 18.1. The molecule has 0 amide bonds. The second kappa shape index (κ2) is 8.46. The number of phenols is 1. The molecule has 0 aliphatic carbocycles. The molecular formula is C18H15AcN6OS-. The van der Waals surface area contributed by atoms with Gasteiger partial charge in [0.25, 0.3) is 0 Å². The van der Waals surface area contributed by atoms with Gasteiger partial charge >= 0.3 is 0 Å².